The summed E-state index contributed by atoms with van der Waals surface area (Å²) in [6.45, 7) is 12.4. The molecule has 3 aromatic carbocycles. The van der Waals surface area contributed by atoms with Gasteiger partial charge in [-0.2, -0.15) is 0 Å². The van der Waals surface area contributed by atoms with Crippen LogP contribution < -0.4 is 10.1 Å². The highest BCUT2D eigenvalue weighted by atomic mass is 16.5. The molecule has 37 heavy (non-hydrogen) atoms. The fourth-order valence-corrected chi connectivity index (χ4v) is 4.34. The lowest BCUT2D eigenvalue weighted by Gasteiger charge is -2.32. The number of carbonyl (C=O) groups excluding carboxylic acids is 2. The molecule has 3 rings (SSSR count). The first-order valence-corrected chi connectivity index (χ1v) is 13.0. The SMILES string of the molecule is Cc1ccccc1CN(C(=O)COc1ccccc1C(C)(C)C)[C@H](Cc1ccccc1)C(=O)NC(C)C. The number of rotatable bonds is 10. The van der Waals surface area contributed by atoms with Gasteiger partial charge in [-0.1, -0.05) is 93.6 Å². The zero-order valence-electron chi connectivity index (χ0n) is 23.0. The van der Waals surface area contributed by atoms with Crippen LogP contribution in [0.15, 0.2) is 78.9 Å². The first-order valence-electron chi connectivity index (χ1n) is 13.0. The van der Waals surface area contributed by atoms with E-state index in [1.165, 1.54) is 0 Å². The molecule has 0 fully saturated rings. The molecule has 0 saturated carbocycles. The molecule has 0 aliphatic carbocycles. The largest absolute Gasteiger partial charge is 0.483 e. The Kier molecular flexibility index (Phi) is 9.51. The molecule has 0 aromatic heterocycles. The summed E-state index contributed by atoms with van der Waals surface area (Å²) >= 11 is 0. The Bertz CT molecular complexity index is 1180. The second kappa shape index (κ2) is 12.6. The lowest BCUT2D eigenvalue weighted by molar-refractivity contribution is -0.143. The molecule has 0 saturated heterocycles. The molecule has 5 nitrogen and oxygen atoms in total. The number of amides is 2. The number of nitrogens with one attached hydrogen (secondary N) is 1. The highest BCUT2D eigenvalue weighted by molar-refractivity contribution is 5.88. The summed E-state index contributed by atoms with van der Waals surface area (Å²) in [6.07, 6.45) is 0.412. The van der Waals surface area contributed by atoms with Gasteiger partial charge in [0.25, 0.3) is 5.91 Å². The van der Waals surface area contributed by atoms with Gasteiger partial charge in [0, 0.05) is 19.0 Å². The minimum absolute atomic E-state index is 0.0453. The van der Waals surface area contributed by atoms with E-state index in [9.17, 15) is 9.59 Å². The van der Waals surface area contributed by atoms with Gasteiger partial charge in [-0.25, -0.2) is 0 Å². The van der Waals surface area contributed by atoms with Crippen LogP contribution in [0.2, 0.25) is 0 Å². The maximum Gasteiger partial charge on any atom is 0.261 e. The molecular weight excluding hydrogens is 460 g/mol. The third kappa shape index (κ3) is 7.94. The zero-order valence-corrected chi connectivity index (χ0v) is 23.0. The molecule has 0 unspecified atom stereocenters. The van der Waals surface area contributed by atoms with Crippen molar-refractivity contribution in [2.45, 2.75) is 72.0 Å². The quantitative estimate of drug-likeness (QED) is 0.381. The van der Waals surface area contributed by atoms with Gasteiger partial charge in [0.05, 0.1) is 0 Å². The van der Waals surface area contributed by atoms with Crippen LogP contribution in [0, 0.1) is 6.92 Å². The molecule has 2 amide bonds. The molecule has 1 N–H and O–H groups in total. The van der Waals surface area contributed by atoms with Crippen LogP contribution in [-0.2, 0) is 28.0 Å². The normalized spacial score (nSPS) is 12.2. The molecule has 0 radical (unpaired) electrons. The van der Waals surface area contributed by atoms with Gasteiger partial charge in [-0.15, -0.1) is 0 Å². The molecule has 1 atom stereocenters. The summed E-state index contributed by atoms with van der Waals surface area (Å²) in [4.78, 5) is 29.0. The van der Waals surface area contributed by atoms with Gasteiger partial charge in [-0.3, -0.25) is 9.59 Å². The fraction of sp³-hybridized carbons (Fsp3) is 0.375. The predicted octanol–water partition coefficient (Wildman–Crippen LogP) is 5.84. The van der Waals surface area contributed by atoms with Crippen molar-refractivity contribution in [3.8, 4) is 5.75 Å². The van der Waals surface area contributed by atoms with Crippen LogP contribution in [0.5, 0.6) is 5.75 Å². The molecule has 0 aliphatic rings. The molecule has 0 aliphatic heterocycles. The van der Waals surface area contributed by atoms with Crippen molar-refractivity contribution in [3.05, 3.63) is 101 Å². The van der Waals surface area contributed by atoms with Crippen molar-refractivity contribution in [1.82, 2.24) is 10.2 Å². The van der Waals surface area contributed by atoms with E-state index < -0.39 is 6.04 Å². The first-order chi connectivity index (χ1) is 17.6. The minimum atomic E-state index is -0.682. The summed E-state index contributed by atoms with van der Waals surface area (Å²) in [5, 5.41) is 3.03. The van der Waals surface area contributed by atoms with E-state index in [0.29, 0.717) is 18.7 Å². The van der Waals surface area contributed by atoms with Crippen LogP contribution in [0.4, 0.5) is 0 Å². The Morgan fingerprint density at radius 3 is 2.16 bits per heavy atom. The van der Waals surface area contributed by atoms with Crippen molar-refractivity contribution >= 4 is 11.8 Å². The summed E-state index contributed by atoms with van der Waals surface area (Å²) < 4.78 is 6.11. The Morgan fingerprint density at radius 2 is 1.51 bits per heavy atom. The van der Waals surface area contributed by atoms with Gasteiger partial charge in [0.2, 0.25) is 5.91 Å². The summed E-state index contributed by atoms with van der Waals surface area (Å²) in [5.41, 5.74) is 3.97. The fourth-order valence-electron chi connectivity index (χ4n) is 4.34. The topological polar surface area (TPSA) is 58.6 Å². The zero-order chi connectivity index (χ0) is 27.0. The van der Waals surface area contributed by atoms with Gasteiger partial charge >= 0.3 is 0 Å². The van der Waals surface area contributed by atoms with Crippen LogP contribution in [0.1, 0.15) is 56.9 Å². The number of carbonyl (C=O) groups is 2. The van der Waals surface area contributed by atoms with Crippen LogP contribution in [0.3, 0.4) is 0 Å². The van der Waals surface area contributed by atoms with E-state index in [0.717, 1.165) is 22.3 Å². The lowest BCUT2D eigenvalue weighted by atomic mass is 9.86. The number of para-hydroxylation sites is 1. The molecule has 0 bridgehead atoms. The average molecular weight is 501 g/mol. The number of ether oxygens (including phenoxy) is 1. The summed E-state index contributed by atoms with van der Waals surface area (Å²) in [7, 11) is 0. The van der Waals surface area contributed by atoms with E-state index in [1.807, 2.05) is 99.6 Å². The Morgan fingerprint density at radius 1 is 0.892 bits per heavy atom. The molecule has 196 valence electrons. The van der Waals surface area contributed by atoms with E-state index in [-0.39, 0.29) is 29.9 Å². The Balaban J connectivity index is 1.95. The van der Waals surface area contributed by atoms with E-state index in [2.05, 4.69) is 26.1 Å². The molecule has 5 heteroatoms. The van der Waals surface area contributed by atoms with Crippen molar-refractivity contribution < 1.29 is 14.3 Å². The molecular formula is C32H40N2O3. The van der Waals surface area contributed by atoms with Crippen molar-refractivity contribution in [2.75, 3.05) is 6.61 Å². The van der Waals surface area contributed by atoms with Gasteiger partial charge in [0.15, 0.2) is 6.61 Å². The van der Waals surface area contributed by atoms with Crippen molar-refractivity contribution in [2.24, 2.45) is 0 Å². The lowest BCUT2D eigenvalue weighted by Crippen LogP contribution is -2.53. The second-order valence-electron chi connectivity index (χ2n) is 10.9. The molecule has 3 aromatic rings. The van der Waals surface area contributed by atoms with Gasteiger partial charge < -0.3 is 15.0 Å². The Hall–Kier alpha value is -3.60. The smallest absolute Gasteiger partial charge is 0.261 e. The van der Waals surface area contributed by atoms with E-state index >= 15 is 0 Å². The highest BCUT2D eigenvalue weighted by Gasteiger charge is 2.31. The third-order valence-corrected chi connectivity index (χ3v) is 6.35. The maximum atomic E-state index is 13.8. The average Bonchev–Trinajstić information content (AvgIpc) is 2.85. The number of nitrogens with zero attached hydrogens (tertiary/aromatic N) is 1. The number of hydrogen-bond donors (Lipinski definition) is 1. The van der Waals surface area contributed by atoms with Crippen molar-refractivity contribution in [1.29, 1.82) is 0 Å². The third-order valence-electron chi connectivity index (χ3n) is 6.35. The van der Waals surface area contributed by atoms with E-state index in [1.54, 1.807) is 4.90 Å². The number of hydrogen-bond acceptors (Lipinski definition) is 3. The molecule has 0 spiro atoms. The maximum absolute atomic E-state index is 13.8. The summed E-state index contributed by atoms with van der Waals surface area (Å²) in [5.74, 6) is 0.285. The van der Waals surface area contributed by atoms with Crippen molar-refractivity contribution in [3.63, 3.8) is 0 Å². The van der Waals surface area contributed by atoms with Gasteiger partial charge in [0.1, 0.15) is 11.8 Å². The predicted molar refractivity (Wildman–Crippen MR) is 150 cm³/mol. The standard InChI is InChI=1S/C32H40N2O3/c1-23(2)33-31(36)28(20-25-15-8-7-9-16-25)34(21-26-17-11-10-14-24(26)3)30(35)22-37-29-19-13-12-18-27(29)32(4,5)6/h7-19,23,28H,20-22H2,1-6H3,(H,33,36)/t28-/m1/s1. The first kappa shape index (κ1) is 28.0. The molecule has 0 heterocycles. The minimum Gasteiger partial charge on any atom is -0.483 e. The van der Waals surface area contributed by atoms with Crippen LogP contribution in [0.25, 0.3) is 0 Å². The van der Waals surface area contributed by atoms with Crippen LogP contribution in [-0.4, -0.2) is 35.4 Å². The van der Waals surface area contributed by atoms with Crippen LogP contribution >= 0.6 is 0 Å². The van der Waals surface area contributed by atoms with E-state index in [4.69, 9.17) is 4.74 Å². The van der Waals surface area contributed by atoms with Gasteiger partial charge in [-0.05, 0) is 54.5 Å². The monoisotopic (exact) mass is 500 g/mol. The Labute approximate surface area is 221 Å². The number of benzene rings is 3. The summed E-state index contributed by atoms with van der Waals surface area (Å²) in [6, 6.07) is 24.9. The highest BCUT2D eigenvalue weighted by Crippen LogP contribution is 2.31. The number of aryl methyl sites for hydroxylation is 1. The second-order valence-corrected chi connectivity index (χ2v) is 10.9.